The standard InChI is InChI=1S/C11H18N4O3/c1-11(2,3)18-10(17)15-9-13-4-7(5-14-9)8(12)6-16/h4-5,8,16H,6,12H2,1-3H3,(H,13,14,15,17). The average Bonchev–Trinajstić information content (AvgIpc) is 2.26. The molecule has 1 unspecified atom stereocenters. The Hall–Kier alpha value is -1.73. The van der Waals surface area contributed by atoms with Crippen LogP contribution in [0.2, 0.25) is 0 Å². The Balaban J connectivity index is 2.61. The fraction of sp³-hybridized carbons (Fsp3) is 0.545. The van der Waals surface area contributed by atoms with Crippen LogP contribution in [-0.2, 0) is 4.74 Å². The summed E-state index contributed by atoms with van der Waals surface area (Å²) in [6.45, 7) is 5.09. The van der Waals surface area contributed by atoms with E-state index in [1.807, 2.05) is 0 Å². The summed E-state index contributed by atoms with van der Waals surface area (Å²) in [5.41, 5.74) is 5.60. The summed E-state index contributed by atoms with van der Waals surface area (Å²) in [4.78, 5) is 19.2. The summed E-state index contributed by atoms with van der Waals surface area (Å²) in [6, 6.07) is -0.527. The van der Waals surface area contributed by atoms with Crippen LogP contribution in [0.4, 0.5) is 10.7 Å². The monoisotopic (exact) mass is 254 g/mol. The quantitative estimate of drug-likeness (QED) is 0.736. The fourth-order valence-electron chi connectivity index (χ4n) is 1.09. The first kappa shape index (κ1) is 14.3. The van der Waals surface area contributed by atoms with Gasteiger partial charge < -0.3 is 15.6 Å². The molecule has 7 heteroatoms. The van der Waals surface area contributed by atoms with Gasteiger partial charge >= 0.3 is 6.09 Å². The maximum absolute atomic E-state index is 11.4. The molecule has 0 bridgehead atoms. The molecule has 4 N–H and O–H groups in total. The van der Waals surface area contributed by atoms with E-state index >= 15 is 0 Å². The maximum atomic E-state index is 11.4. The van der Waals surface area contributed by atoms with Crippen LogP contribution in [0.1, 0.15) is 32.4 Å². The molecule has 1 atom stereocenters. The molecule has 0 aliphatic rings. The lowest BCUT2D eigenvalue weighted by atomic mass is 10.2. The second-order valence-electron chi connectivity index (χ2n) is 4.76. The minimum absolute atomic E-state index is 0.123. The van der Waals surface area contributed by atoms with Crippen LogP contribution in [-0.4, -0.2) is 33.4 Å². The van der Waals surface area contributed by atoms with E-state index in [2.05, 4.69) is 15.3 Å². The van der Waals surface area contributed by atoms with Gasteiger partial charge in [-0.1, -0.05) is 0 Å². The first-order valence-corrected chi connectivity index (χ1v) is 5.50. The average molecular weight is 254 g/mol. The molecule has 1 aromatic heterocycles. The lowest BCUT2D eigenvalue weighted by molar-refractivity contribution is 0.0634. The summed E-state index contributed by atoms with van der Waals surface area (Å²) in [5.74, 6) is 0.123. The Labute approximate surface area is 105 Å². The minimum Gasteiger partial charge on any atom is -0.444 e. The van der Waals surface area contributed by atoms with Crippen molar-refractivity contribution in [2.75, 3.05) is 11.9 Å². The van der Waals surface area contributed by atoms with Crippen molar-refractivity contribution in [1.82, 2.24) is 9.97 Å². The van der Waals surface area contributed by atoms with Crippen LogP contribution < -0.4 is 11.1 Å². The number of aliphatic hydroxyl groups excluding tert-OH is 1. The SMILES string of the molecule is CC(C)(C)OC(=O)Nc1ncc(C(N)CO)cn1. The third-order valence-corrected chi connectivity index (χ3v) is 1.91. The maximum Gasteiger partial charge on any atom is 0.414 e. The number of hydrogen-bond acceptors (Lipinski definition) is 6. The number of ether oxygens (including phenoxy) is 1. The smallest absolute Gasteiger partial charge is 0.414 e. The van der Waals surface area contributed by atoms with Crippen LogP contribution in [0, 0.1) is 0 Å². The number of aromatic nitrogens is 2. The fourth-order valence-corrected chi connectivity index (χ4v) is 1.09. The van der Waals surface area contributed by atoms with E-state index in [9.17, 15) is 4.79 Å². The van der Waals surface area contributed by atoms with Crippen molar-refractivity contribution < 1.29 is 14.6 Å². The molecule has 0 spiro atoms. The number of amides is 1. The highest BCUT2D eigenvalue weighted by molar-refractivity contribution is 5.82. The van der Waals surface area contributed by atoms with E-state index < -0.39 is 17.7 Å². The molecular weight excluding hydrogens is 236 g/mol. The summed E-state index contributed by atoms with van der Waals surface area (Å²) in [6.07, 6.45) is 2.27. The summed E-state index contributed by atoms with van der Waals surface area (Å²) in [7, 11) is 0. The molecule has 1 rings (SSSR count). The molecule has 1 amide bonds. The lowest BCUT2D eigenvalue weighted by Crippen LogP contribution is -2.27. The Morgan fingerprint density at radius 1 is 1.50 bits per heavy atom. The van der Waals surface area contributed by atoms with Crippen LogP contribution in [0.15, 0.2) is 12.4 Å². The molecule has 0 aliphatic heterocycles. The van der Waals surface area contributed by atoms with E-state index in [1.165, 1.54) is 12.4 Å². The molecule has 0 fully saturated rings. The zero-order valence-corrected chi connectivity index (χ0v) is 10.7. The van der Waals surface area contributed by atoms with Gasteiger partial charge in [-0.25, -0.2) is 14.8 Å². The van der Waals surface area contributed by atoms with Crippen molar-refractivity contribution in [1.29, 1.82) is 0 Å². The van der Waals surface area contributed by atoms with Crippen molar-refractivity contribution in [2.24, 2.45) is 5.73 Å². The molecule has 0 radical (unpaired) electrons. The van der Waals surface area contributed by atoms with Gasteiger partial charge in [0.05, 0.1) is 12.6 Å². The second-order valence-corrected chi connectivity index (χ2v) is 4.76. The van der Waals surface area contributed by atoms with Gasteiger partial charge in [0.25, 0.3) is 0 Å². The van der Waals surface area contributed by atoms with Crippen molar-refractivity contribution in [3.63, 3.8) is 0 Å². The van der Waals surface area contributed by atoms with Crippen LogP contribution in [0.3, 0.4) is 0 Å². The molecule has 0 saturated heterocycles. The molecule has 1 heterocycles. The Kier molecular flexibility index (Phi) is 4.57. The van der Waals surface area contributed by atoms with E-state index in [0.29, 0.717) is 5.56 Å². The Morgan fingerprint density at radius 3 is 2.50 bits per heavy atom. The van der Waals surface area contributed by atoms with E-state index in [0.717, 1.165) is 0 Å². The van der Waals surface area contributed by atoms with Crippen LogP contribution >= 0.6 is 0 Å². The Bertz CT molecular complexity index is 400. The number of hydrogen-bond donors (Lipinski definition) is 3. The van der Waals surface area contributed by atoms with Crippen LogP contribution in [0.5, 0.6) is 0 Å². The molecule has 100 valence electrons. The van der Waals surface area contributed by atoms with E-state index in [1.54, 1.807) is 20.8 Å². The Morgan fingerprint density at radius 2 is 2.06 bits per heavy atom. The first-order chi connectivity index (χ1) is 8.31. The number of carbonyl (C=O) groups excluding carboxylic acids is 1. The molecule has 18 heavy (non-hydrogen) atoms. The second kappa shape index (κ2) is 5.74. The number of anilines is 1. The predicted octanol–water partition coefficient (Wildman–Crippen LogP) is 0.816. The van der Waals surface area contributed by atoms with Crippen molar-refractivity contribution in [3.8, 4) is 0 Å². The molecule has 0 aliphatic carbocycles. The van der Waals surface area contributed by atoms with E-state index in [4.69, 9.17) is 15.6 Å². The highest BCUT2D eigenvalue weighted by Gasteiger charge is 2.17. The summed E-state index contributed by atoms with van der Waals surface area (Å²) in [5, 5.41) is 11.3. The number of nitrogens with zero attached hydrogens (tertiary/aromatic N) is 2. The summed E-state index contributed by atoms with van der Waals surface area (Å²) >= 11 is 0. The van der Waals surface area contributed by atoms with Crippen molar-refractivity contribution >= 4 is 12.0 Å². The number of carbonyl (C=O) groups is 1. The van der Waals surface area contributed by atoms with Crippen LogP contribution in [0.25, 0.3) is 0 Å². The topological polar surface area (TPSA) is 110 Å². The zero-order chi connectivity index (χ0) is 13.8. The molecule has 1 aromatic rings. The molecule has 0 aromatic carbocycles. The first-order valence-electron chi connectivity index (χ1n) is 5.50. The number of nitrogens with one attached hydrogen (secondary N) is 1. The molecule has 7 nitrogen and oxygen atoms in total. The van der Waals surface area contributed by atoms with Gasteiger partial charge in [-0.15, -0.1) is 0 Å². The third kappa shape index (κ3) is 4.64. The normalized spacial score (nSPS) is 12.9. The van der Waals surface area contributed by atoms with Gasteiger partial charge in [0.1, 0.15) is 5.60 Å². The van der Waals surface area contributed by atoms with Gasteiger partial charge in [0.15, 0.2) is 0 Å². The summed E-state index contributed by atoms with van der Waals surface area (Å²) < 4.78 is 5.05. The van der Waals surface area contributed by atoms with Gasteiger partial charge in [-0.3, -0.25) is 5.32 Å². The molecule has 0 saturated carbocycles. The third-order valence-electron chi connectivity index (χ3n) is 1.91. The van der Waals surface area contributed by atoms with Crippen molar-refractivity contribution in [3.05, 3.63) is 18.0 Å². The highest BCUT2D eigenvalue weighted by Crippen LogP contribution is 2.10. The van der Waals surface area contributed by atoms with E-state index in [-0.39, 0.29) is 12.6 Å². The number of rotatable bonds is 3. The zero-order valence-electron chi connectivity index (χ0n) is 10.7. The van der Waals surface area contributed by atoms with Gasteiger partial charge in [-0.05, 0) is 20.8 Å². The lowest BCUT2D eigenvalue weighted by Gasteiger charge is -2.19. The van der Waals surface area contributed by atoms with Crippen molar-refractivity contribution in [2.45, 2.75) is 32.4 Å². The molecular formula is C11H18N4O3. The number of aliphatic hydroxyl groups is 1. The van der Waals surface area contributed by atoms with Gasteiger partial charge in [0, 0.05) is 18.0 Å². The predicted molar refractivity (Wildman–Crippen MR) is 65.9 cm³/mol. The van der Waals surface area contributed by atoms with Gasteiger partial charge in [0.2, 0.25) is 5.95 Å². The minimum atomic E-state index is -0.623. The highest BCUT2D eigenvalue weighted by atomic mass is 16.6. The number of nitrogens with two attached hydrogens (primary N) is 1. The van der Waals surface area contributed by atoms with Gasteiger partial charge in [-0.2, -0.15) is 0 Å². The largest absolute Gasteiger partial charge is 0.444 e.